The van der Waals surface area contributed by atoms with Crippen LogP contribution in [0, 0.1) is 6.92 Å². The fourth-order valence-electron chi connectivity index (χ4n) is 2.45. The summed E-state index contributed by atoms with van der Waals surface area (Å²) in [5, 5.41) is 6.99. The number of nitrogen functional groups attached to an aromatic ring is 1. The summed E-state index contributed by atoms with van der Waals surface area (Å²) in [7, 11) is 0. The van der Waals surface area contributed by atoms with E-state index in [9.17, 15) is 0 Å². The molecule has 2 aromatic carbocycles. The van der Waals surface area contributed by atoms with Crippen LogP contribution in [-0.4, -0.2) is 9.78 Å². The Hall–Kier alpha value is -1.81. The van der Waals surface area contributed by atoms with Crippen LogP contribution in [0.3, 0.4) is 0 Å². The van der Waals surface area contributed by atoms with Crippen LogP contribution >= 0.6 is 15.9 Å². The van der Waals surface area contributed by atoms with Crippen molar-refractivity contribution in [2.75, 3.05) is 5.73 Å². The quantitative estimate of drug-likeness (QED) is 0.761. The first-order chi connectivity index (χ1) is 9.58. The first-order valence-electron chi connectivity index (χ1n) is 6.56. The molecule has 0 bridgehead atoms. The van der Waals surface area contributed by atoms with Crippen LogP contribution < -0.4 is 5.73 Å². The predicted molar refractivity (Wildman–Crippen MR) is 86.8 cm³/mol. The smallest absolute Gasteiger partial charge is 0.137 e. The van der Waals surface area contributed by atoms with Gasteiger partial charge in [-0.15, -0.1) is 0 Å². The molecule has 3 aromatic rings. The van der Waals surface area contributed by atoms with Crippen LogP contribution in [0.25, 0.3) is 10.8 Å². The van der Waals surface area contributed by atoms with E-state index in [2.05, 4.69) is 70.4 Å². The summed E-state index contributed by atoms with van der Waals surface area (Å²) < 4.78 is 2.74. The van der Waals surface area contributed by atoms with Crippen molar-refractivity contribution in [2.24, 2.45) is 0 Å². The third-order valence-corrected chi connectivity index (χ3v) is 4.65. The fourth-order valence-corrected chi connectivity index (χ4v) is 2.71. The molecular weight excluding hydrogens is 314 g/mol. The number of anilines is 1. The molecule has 20 heavy (non-hydrogen) atoms. The molecule has 0 aliphatic heterocycles. The molecule has 4 heteroatoms. The average molecular weight is 330 g/mol. The van der Waals surface area contributed by atoms with Gasteiger partial charge in [0.1, 0.15) is 5.82 Å². The van der Waals surface area contributed by atoms with Crippen LogP contribution in [0.2, 0.25) is 0 Å². The van der Waals surface area contributed by atoms with Crippen molar-refractivity contribution in [3.05, 3.63) is 58.2 Å². The summed E-state index contributed by atoms with van der Waals surface area (Å²) in [6, 6.07) is 14.9. The van der Waals surface area contributed by atoms with E-state index < -0.39 is 0 Å². The molecule has 0 spiro atoms. The molecule has 3 nitrogen and oxygen atoms in total. The molecule has 102 valence electrons. The maximum absolute atomic E-state index is 6.11. The van der Waals surface area contributed by atoms with Gasteiger partial charge in [-0.3, -0.25) is 0 Å². The minimum atomic E-state index is 0.101. The number of aryl methyl sites for hydroxylation is 1. The summed E-state index contributed by atoms with van der Waals surface area (Å²) in [5.41, 5.74) is 8.22. The van der Waals surface area contributed by atoms with E-state index in [4.69, 9.17) is 5.73 Å². The van der Waals surface area contributed by atoms with Gasteiger partial charge < -0.3 is 5.73 Å². The molecule has 0 aliphatic carbocycles. The number of fused-ring (bicyclic) bond motifs is 1. The maximum atomic E-state index is 6.11. The molecule has 1 unspecified atom stereocenters. The van der Waals surface area contributed by atoms with Crippen molar-refractivity contribution in [3.63, 3.8) is 0 Å². The summed E-state index contributed by atoms with van der Waals surface area (Å²) in [6.45, 7) is 4.06. The first-order valence-corrected chi connectivity index (χ1v) is 7.36. The molecule has 0 saturated carbocycles. The Kier molecular flexibility index (Phi) is 3.26. The van der Waals surface area contributed by atoms with Crippen LogP contribution in [-0.2, 0) is 0 Å². The zero-order valence-electron chi connectivity index (χ0n) is 11.5. The van der Waals surface area contributed by atoms with Crippen LogP contribution in [0.4, 0.5) is 5.82 Å². The normalized spacial score (nSPS) is 12.8. The Morgan fingerprint density at radius 2 is 1.85 bits per heavy atom. The van der Waals surface area contributed by atoms with Crippen molar-refractivity contribution >= 4 is 32.5 Å². The van der Waals surface area contributed by atoms with Crippen LogP contribution in [0.15, 0.2) is 46.9 Å². The molecule has 0 fully saturated rings. The summed E-state index contributed by atoms with van der Waals surface area (Å²) in [5.74, 6) is 0.670. The first kappa shape index (κ1) is 13.2. The predicted octanol–water partition coefficient (Wildman–Crippen LogP) is 4.30. The van der Waals surface area contributed by atoms with Crippen LogP contribution in [0.5, 0.6) is 0 Å². The second-order valence-electron chi connectivity index (χ2n) is 5.01. The highest BCUT2D eigenvalue weighted by atomic mass is 79.9. The lowest BCUT2D eigenvalue weighted by Crippen LogP contribution is -2.11. The standard InChI is InChI=1S/C16H16BrN3/c1-10-15(17)16(18)20(19-10)11(2)13-8-7-12-5-3-4-6-14(12)9-13/h3-9,11H,18H2,1-2H3. The van der Waals surface area contributed by atoms with Gasteiger partial charge >= 0.3 is 0 Å². The van der Waals surface area contributed by atoms with Gasteiger partial charge in [-0.05, 0) is 52.2 Å². The second-order valence-corrected chi connectivity index (χ2v) is 5.80. The van der Waals surface area contributed by atoms with Gasteiger partial charge in [0, 0.05) is 0 Å². The van der Waals surface area contributed by atoms with Gasteiger partial charge in [0.15, 0.2) is 0 Å². The largest absolute Gasteiger partial charge is 0.383 e. The Labute approximate surface area is 126 Å². The lowest BCUT2D eigenvalue weighted by atomic mass is 10.0. The van der Waals surface area contributed by atoms with E-state index in [1.807, 2.05) is 11.6 Å². The topological polar surface area (TPSA) is 43.8 Å². The van der Waals surface area contributed by atoms with Crippen molar-refractivity contribution < 1.29 is 0 Å². The van der Waals surface area contributed by atoms with Gasteiger partial charge in [-0.25, -0.2) is 4.68 Å². The van der Waals surface area contributed by atoms with E-state index in [0.717, 1.165) is 10.2 Å². The molecular formula is C16H16BrN3. The monoisotopic (exact) mass is 329 g/mol. The molecule has 0 saturated heterocycles. The Bertz CT molecular complexity index is 776. The number of aromatic nitrogens is 2. The Balaban J connectivity index is 2.07. The average Bonchev–Trinajstić information content (AvgIpc) is 2.73. The molecule has 0 radical (unpaired) electrons. The van der Waals surface area contributed by atoms with Gasteiger partial charge in [0.25, 0.3) is 0 Å². The van der Waals surface area contributed by atoms with E-state index >= 15 is 0 Å². The minimum Gasteiger partial charge on any atom is -0.383 e. The second kappa shape index (κ2) is 4.94. The summed E-state index contributed by atoms with van der Waals surface area (Å²) in [6.07, 6.45) is 0. The highest BCUT2D eigenvalue weighted by Crippen LogP contribution is 2.29. The molecule has 0 aliphatic rings. The highest BCUT2D eigenvalue weighted by molar-refractivity contribution is 9.10. The number of rotatable bonds is 2. The van der Waals surface area contributed by atoms with Crippen molar-refractivity contribution in [1.29, 1.82) is 0 Å². The van der Waals surface area contributed by atoms with E-state index in [0.29, 0.717) is 5.82 Å². The molecule has 1 aromatic heterocycles. The molecule has 3 rings (SSSR count). The SMILES string of the molecule is Cc1nn(C(C)c2ccc3ccccc3c2)c(N)c1Br. The van der Waals surface area contributed by atoms with Gasteiger partial charge in [0.2, 0.25) is 0 Å². The van der Waals surface area contributed by atoms with Gasteiger partial charge in [-0.2, -0.15) is 5.10 Å². The summed E-state index contributed by atoms with van der Waals surface area (Å²) in [4.78, 5) is 0. The van der Waals surface area contributed by atoms with Crippen LogP contribution in [0.1, 0.15) is 24.2 Å². The molecule has 0 amide bonds. The van der Waals surface area contributed by atoms with E-state index in [1.54, 1.807) is 0 Å². The zero-order chi connectivity index (χ0) is 14.3. The third kappa shape index (κ3) is 2.10. The van der Waals surface area contributed by atoms with Crippen molar-refractivity contribution in [2.45, 2.75) is 19.9 Å². The number of nitrogens with two attached hydrogens (primary N) is 1. The van der Waals surface area contributed by atoms with Gasteiger partial charge in [-0.1, -0.05) is 36.4 Å². The number of hydrogen-bond donors (Lipinski definition) is 1. The third-order valence-electron chi connectivity index (χ3n) is 3.67. The number of nitrogens with zero attached hydrogens (tertiary/aromatic N) is 2. The number of benzene rings is 2. The molecule has 2 N–H and O–H groups in total. The highest BCUT2D eigenvalue weighted by Gasteiger charge is 2.16. The lowest BCUT2D eigenvalue weighted by molar-refractivity contribution is 0.569. The Morgan fingerprint density at radius 1 is 1.15 bits per heavy atom. The number of hydrogen-bond acceptors (Lipinski definition) is 2. The van der Waals surface area contributed by atoms with Crippen molar-refractivity contribution in [1.82, 2.24) is 9.78 Å². The lowest BCUT2D eigenvalue weighted by Gasteiger charge is -2.15. The van der Waals surface area contributed by atoms with Crippen molar-refractivity contribution in [3.8, 4) is 0 Å². The summed E-state index contributed by atoms with van der Waals surface area (Å²) >= 11 is 3.47. The minimum absolute atomic E-state index is 0.101. The van der Waals surface area contributed by atoms with Gasteiger partial charge in [0.05, 0.1) is 16.2 Å². The number of halogens is 1. The Morgan fingerprint density at radius 3 is 2.50 bits per heavy atom. The van der Waals surface area contributed by atoms with E-state index in [1.165, 1.54) is 16.3 Å². The maximum Gasteiger partial charge on any atom is 0.137 e. The zero-order valence-corrected chi connectivity index (χ0v) is 13.1. The molecule has 1 heterocycles. The fraction of sp³-hybridized carbons (Fsp3) is 0.188. The molecule has 1 atom stereocenters. The van der Waals surface area contributed by atoms with E-state index in [-0.39, 0.29) is 6.04 Å².